The number of benzene rings is 8. The van der Waals surface area contributed by atoms with Gasteiger partial charge in [0, 0.05) is 44.8 Å². The highest BCUT2D eigenvalue weighted by Crippen LogP contribution is 2.58. The smallest absolute Gasteiger partial charge is 0.163 e. The molecule has 0 aliphatic heterocycles. The van der Waals surface area contributed by atoms with E-state index in [4.69, 9.17) is 15.0 Å². The molecule has 0 saturated carbocycles. The van der Waals surface area contributed by atoms with Crippen LogP contribution in [0.15, 0.2) is 217 Å². The van der Waals surface area contributed by atoms with Crippen LogP contribution in [0.4, 0.5) is 0 Å². The van der Waals surface area contributed by atoms with Crippen LogP contribution >= 0.6 is 0 Å². The van der Waals surface area contributed by atoms with Crippen LogP contribution in [0.5, 0.6) is 0 Å². The Morgan fingerprint density at radius 2 is 1.00 bits per heavy atom. The van der Waals surface area contributed by atoms with Crippen molar-refractivity contribution < 1.29 is 0 Å². The average molecular weight is 847 g/mol. The van der Waals surface area contributed by atoms with Gasteiger partial charge >= 0.3 is 0 Å². The van der Waals surface area contributed by atoms with E-state index < -0.39 is 0 Å². The molecule has 0 amide bonds. The molecule has 3 aliphatic carbocycles. The van der Waals surface area contributed by atoms with Gasteiger partial charge in [0.1, 0.15) is 5.82 Å². The van der Waals surface area contributed by atoms with E-state index in [1.54, 1.807) is 0 Å². The van der Waals surface area contributed by atoms with Gasteiger partial charge in [0.05, 0.1) is 11.0 Å². The van der Waals surface area contributed by atoms with Gasteiger partial charge in [-0.3, -0.25) is 0 Å². The lowest BCUT2D eigenvalue weighted by molar-refractivity contribution is 0.562. The first kappa shape index (κ1) is 38.5. The summed E-state index contributed by atoms with van der Waals surface area (Å²) in [5.41, 5.74) is 19.9. The number of rotatable bonds is 6. The van der Waals surface area contributed by atoms with E-state index in [1.807, 2.05) is 12.1 Å². The molecule has 0 fully saturated rings. The Morgan fingerprint density at radius 3 is 1.58 bits per heavy atom. The maximum absolute atomic E-state index is 5.33. The molecular formula is C62H46N4. The molecule has 4 nitrogen and oxygen atoms in total. The maximum Gasteiger partial charge on any atom is 0.163 e. The minimum atomic E-state index is -0.208. The van der Waals surface area contributed by atoms with Crippen molar-refractivity contribution >= 4 is 27.4 Å². The van der Waals surface area contributed by atoms with Gasteiger partial charge in [-0.15, -0.1) is 0 Å². The Bertz CT molecular complexity index is 3450. The van der Waals surface area contributed by atoms with Gasteiger partial charge in [-0.25, -0.2) is 15.0 Å². The Labute approximate surface area is 385 Å². The van der Waals surface area contributed by atoms with Crippen LogP contribution in [0.3, 0.4) is 0 Å². The Kier molecular flexibility index (Phi) is 8.79. The Morgan fingerprint density at radius 1 is 0.470 bits per heavy atom. The van der Waals surface area contributed by atoms with E-state index in [0.717, 1.165) is 35.5 Å². The lowest BCUT2D eigenvalue weighted by Gasteiger charge is -2.37. The molecule has 2 unspecified atom stereocenters. The minimum Gasteiger partial charge on any atom is -0.309 e. The summed E-state index contributed by atoms with van der Waals surface area (Å²) in [5, 5.41) is 2.48. The van der Waals surface area contributed by atoms with Gasteiger partial charge < -0.3 is 4.57 Å². The van der Waals surface area contributed by atoms with Crippen molar-refractivity contribution in [3.63, 3.8) is 0 Å². The van der Waals surface area contributed by atoms with E-state index in [2.05, 4.69) is 213 Å². The van der Waals surface area contributed by atoms with Crippen LogP contribution in [-0.2, 0) is 5.41 Å². The van der Waals surface area contributed by atoms with Crippen molar-refractivity contribution in [3.8, 4) is 50.7 Å². The van der Waals surface area contributed by atoms with Crippen LogP contribution in [0, 0.1) is 0 Å². The van der Waals surface area contributed by atoms with Gasteiger partial charge in [-0.1, -0.05) is 189 Å². The Hall–Kier alpha value is -7.95. The van der Waals surface area contributed by atoms with Crippen molar-refractivity contribution in [2.45, 2.75) is 43.9 Å². The largest absolute Gasteiger partial charge is 0.309 e. The van der Waals surface area contributed by atoms with E-state index in [9.17, 15) is 0 Å². The SMILES string of the molecule is CC1(C)C2=C3CC(c4ccc(-n5c6ccc(-c7ccccc7)cc6c6cc(-c7ccccc7)ccc65)cc4C3=CC(c3nc(-c4ccccc4)nc(-c4ccccc4)n3)C2)c2ccccc21. The van der Waals surface area contributed by atoms with Crippen molar-refractivity contribution in [2.24, 2.45) is 0 Å². The molecule has 0 radical (unpaired) electrons. The van der Waals surface area contributed by atoms with Crippen LogP contribution in [0.25, 0.3) is 78.1 Å². The fourth-order valence-corrected chi connectivity index (χ4v) is 11.4. The molecule has 314 valence electrons. The molecule has 3 aliphatic rings. The molecule has 8 aromatic carbocycles. The van der Waals surface area contributed by atoms with E-state index >= 15 is 0 Å². The van der Waals surface area contributed by atoms with Crippen LogP contribution < -0.4 is 0 Å². The highest BCUT2D eigenvalue weighted by atomic mass is 15.0. The molecule has 0 spiro atoms. The standard InChI is InChI=1S/C62H46N4/c1-62(2)55-26-16-15-25-48(55)51-38-52-49(35-45(36-56(52)62)61-64-59(41-21-11-5-12-22-41)63-60(65-61)42-23-13-6-14-24-42)50-37-46(29-30-47(50)51)66-57-31-27-43(39-17-7-3-8-18-39)33-53(57)54-34-44(28-32-58(54)66)40-19-9-4-10-20-40/h3-35,37,45,51H,36,38H2,1-2H3. The van der Waals surface area contributed by atoms with Crippen LogP contribution in [-0.4, -0.2) is 19.5 Å². The molecule has 4 heteroatoms. The van der Waals surface area contributed by atoms with Crippen molar-refractivity contribution in [3.05, 3.63) is 245 Å². The Balaban J connectivity index is 1.04. The fourth-order valence-electron chi connectivity index (χ4n) is 11.4. The lowest BCUT2D eigenvalue weighted by Crippen LogP contribution is -2.26. The molecule has 13 rings (SSSR count). The molecule has 10 aromatic rings. The normalized spacial score (nSPS) is 17.0. The maximum atomic E-state index is 5.33. The second-order valence-corrected chi connectivity index (χ2v) is 18.7. The van der Waals surface area contributed by atoms with Crippen LogP contribution in [0.1, 0.15) is 66.6 Å². The third-order valence-corrected chi connectivity index (χ3v) is 14.6. The predicted octanol–water partition coefficient (Wildman–Crippen LogP) is 15.3. The summed E-state index contributed by atoms with van der Waals surface area (Å²) in [7, 11) is 0. The van der Waals surface area contributed by atoms with E-state index in [-0.39, 0.29) is 17.3 Å². The number of nitrogens with zero attached hydrogens (tertiary/aromatic N) is 4. The number of hydrogen-bond donors (Lipinski definition) is 0. The van der Waals surface area contributed by atoms with Crippen molar-refractivity contribution in [2.75, 3.05) is 0 Å². The molecule has 2 aromatic heterocycles. The highest BCUT2D eigenvalue weighted by Gasteiger charge is 2.44. The number of hydrogen-bond acceptors (Lipinski definition) is 3. The van der Waals surface area contributed by atoms with Crippen molar-refractivity contribution in [1.82, 2.24) is 19.5 Å². The monoisotopic (exact) mass is 846 g/mol. The summed E-state index contributed by atoms with van der Waals surface area (Å²) >= 11 is 0. The first-order chi connectivity index (χ1) is 32.5. The third kappa shape index (κ3) is 6.16. The molecule has 66 heavy (non-hydrogen) atoms. The molecule has 2 bridgehead atoms. The second kappa shape index (κ2) is 15.1. The van der Waals surface area contributed by atoms with Crippen LogP contribution in [0.2, 0.25) is 0 Å². The molecule has 0 saturated heterocycles. The predicted molar refractivity (Wildman–Crippen MR) is 271 cm³/mol. The summed E-state index contributed by atoms with van der Waals surface area (Å²) in [6.07, 6.45) is 4.32. The van der Waals surface area contributed by atoms with Gasteiger partial charge in [0.2, 0.25) is 0 Å². The zero-order chi connectivity index (χ0) is 43.9. The third-order valence-electron chi connectivity index (χ3n) is 14.6. The average Bonchev–Trinajstić information content (AvgIpc) is 3.67. The van der Waals surface area contributed by atoms with E-state index in [0.29, 0.717) is 11.6 Å². The van der Waals surface area contributed by atoms with Gasteiger partial charge in [-0.05, 0) is 105 Å². The molecular weight excluding hydrogens is 801 g/mol. The number of fused-ring (bicyclic) bond motifs is 9. The highest BCUT2D eigenvalue weighted by molar-refractivity contribution is 6.11. The fraction of sp³-hybridized carbons (Fsp3) is 0.113. The second-order valence-electron chi connectivity index (χ2n) is 18.7. The summed E-state index contributed by atoms with van der Waals surface area (Å²) in [6.45, 7) is 4.88. The summed E-state index contributed by atoms with van der Waals surface area (Å²) in [5.74, 6) is 2.39. The first-order valence-electron chi connectivity index (χ1n) is 23.2. The molecule has 2 atom stereocenters. The first-order valence-corrected chi connectivity index (χ1v) is 23.2. The number of allylic oxidation sites excluding steroid dienone is 4. The topological polar surface area (TPSA) is 43.6 Å². The summed E-state index contributed by atoms with van der Waals surface area (Å²) in [4.78, 5) is 15.8. The summed E-state index contributed by atoms with van der Waals surface area (Å²) < 4.78 is 2.49. The number of aromatic nitrogens is 4. The molecule has 0 N–H and O–H groups in total. The van der Waals surface area contributed by atoms with Gasteiger partial charge in [0.25, 0.3) is 0 Å². The zero-order valence-electron chi connectivity index (χ0n) is 37.0. The minimum absolute atomic E-state index is 0.0645. The lowest BCUT2D eigenvalue weighted by atomic mass is 9.67. The molecule has 2 heterocycles. The van der Waals surface area contributed by atoms with Gasteiger partial charge in [0.15, 0.2) is 11.6 Å². The van der Waals surface area contributed by atoms with E-state index in [1.165, 1.54) is 83.0 Å². The quantitative estimate of drug-likeness (QED) is 0.167. The van der Waals surface area contributed by atoms with Crippen molar-refractivity contribution in [1.29, 1.82) is 0 Å². The van der Waals surface area contributed by atoms with Gasteiger partial charge in [-0.2, -0.15) is 0 Å². The zero-order valence-corrected chi connectivity index (χ0v) is 37.0. The summed E-state index contributed by atoms with van der Waals surface area (Å²) in [6, 6.07) is 72.6.